The van der Waals surface area contributed by atoms with Crippen molar-refractivity contribution in [2.45, 2.75) is 38.7 Å². The van der Waals surface area contributed by atoms with Crippen molar-refractivity contribution in [2.24, 2.45) is 0 Å². The molecule has 0 bridgehead atoms. The van der Waals surface area contributed by atoms with Gasteiger partial charge in [-0.05, 0) is 6.42 Å². The monoisotopic (exact) mass is 484 g/mol. The summed E-state index contributed by atoms with van der Waals surface area (Å²) in [5.41, 5.74) is 0. The van der Waals surface area contributed by atoms with Crippen LogP contribution < -0.4 is 0 Å². The molecule has 0 spiro atoms. The topological polar surface area (TPSA) is 114 Å². The third-order valence-corrected chi connectivity index (χ3v) is 4.29. The van der Waals surface area contributed by atoms with Crippen LogP contribution in [0.5, 0.6) is 0 Å². The molecule has 0 aromatic heterocycles. The van der Waals surface area contributed by atoms with Crippen LogP contribution in [0, 0.1) is 0 Å². The third-order valence-electron chi connectivity index (χ3n) is 4.29. The van der Waals surface area contributed by atoms with Gasteiger partial charge in [0.1, 0.15) is 0 Å². The van der Waals surface area contributed by atoms with Gasteiger partial charge < -0.3 is 48.1 Å². The summed E-state index contributed by atoms with van der Waals surface area (Å²) in [6, 6.07) is 0. The normalized spacial score (nSPS) is 12.5. The van der Waals surface area contributed by atoms with E-state index >= 15 is 0 Å². The molecule has 0 fully saturated rings. The van der Waals surface area contributed by atoms with Crippen LogP contribution in [0.15, 0.2) is 0 Å². The highest BCUT2D eigenvalue weighted by atomic mass is 16.6. The largest absolute Gasteiger partial charge is 0.394 e. The fourth-order valence-corrected chi connectivity index (χ4v) is 2.54. The molecule has 0 aliphatic carbocycles. The number of ether oxygens (including phenoxy) is 8. The Labute approximate surface area is 199 Å². The second-order valence-electron chi connectivity index (χ2n) is 7.23. The fraction of sp³-hybridized carbons (Fsp3) is 1.00. The Hall–Kier alpha value is -0.400. The van der Waals surface area contributed by atoms with Crippen LogP contribution >= 0.6 is 0 Å². The van der Waals surface area contributed by atoms with Gasteiger partial charge in [-0.15, -0.1) is 0 Å². The molecule has 1 unspecified atom stereocenters. The lowest BCUT2D eigenvalue weighted by Gasteiger charge is -2.11. The number of rotatable bonds is 29. The van der Waals surface area contributed by atoms with Crippen molar-refractivity contribution in [3.8, 4) is 0 Å². The van der Waals surface area contributed by atoms with Crippen LogP contribution in [0.25, 0.3) is 0 Å². The van der Waals surface area contributed by atoms with Gasteiger partial charge in [0.25, 0.3) is 0 Å². The fourth-order valence-electron chi connectivity index (χ4n) is 2.54. The Morgan fingerprint density at radius 2 is 0.818 bits per heavy atom. The first-order chi connectivity index (χ1) is 16.3. The quantitative estimate of drug-likeness (QED) is 0.149. The number of hydrogen-bond acceptors (Lipinski definition) is 10. The molecular formula is C23H48O10. The van der Waals surface area contributed by atoms with E-state index in [2.05, 4.69) is 6.92 Å². The van der Waals surface area contributed by atoms with Gasteiger partial charge in [-0.25, -0.2) is 0 Å². The molecule has 0 saturated carbocycles. The molecule has 10 heteroatoms. The SMILES string of the molecule is CCCCCC(O)COCCOCCOCCOCCOCCOCCOCCOCCO. The molecule has 33 heavy (non-hydrogen) atoms. The first kappa shape index (κ1) is 32.6. The summed E-state index contributed by atoms with van der Waals surface area (Å²) in [6.07, 6.45) is 3.77. The van der Waals surface area contributed by atoms with Crippen molar-refractivity contribution >= 4 is 0 Å². The molecule has 0 heterocycles. The van der Waals surface area contributed by atoms with Gasteiger partial charge in [-0.3, -0.25) is 0 Å². The zero-order valence-corrected chi connectivity index (χ0v) is 20.6. The van der Waals surface area contributed by atoms with E-state index in [0.717, 1.165) is 25.7 Å². The highest BCUT2D eigenvalue weighted by Gasteiger charge is 2.03. The third kappa shape index (κ3) is 29.6. The van der Waals surface area contributed by atoms with Gasteiger partial charge in [0.05, 0.1) is 118 Å². The minimum Gasteiger partial charge on any atom is -0.394 e. The van der Waals surface area contributed by atoms with Crippen molar-refractivity contribution in [1.29, 1.82) is 0 Å². The molecule has 0 aromatic carbocycles. The van der Waals surface area contributed by atoms with Crippen molar-refractivity contribution < 1.29 is 48.1 Å². The molecule has 0 amide bonds. The van der Waals surface area contributed by atoms with E-state index in [-0.39, 0.29) is 12.7 Å². The summed E-state index contributed by atoms with van der Waals surface area (Å²) in [5.74, 6) is 0. The van der Waals surface area contributed by atoms with E-state index < -0.39 is 0 Å². The van der Waals surface area contributed by atoms with Gasteiger partial charge in [0.15, 0.2) is 0 Å². The van der Waals surface area contributed by atoms with E-state index in [1.165, 1.54) is 0 Å². The molecule has 2 N–H and O–H groups in total. The molecular weight excluding hydrogens is 436 g/mol. The Kier molecular flexibility index (Phi) is 29.3. The van der Waals surface area contributed by atoms with Gasteiger partial charge in [0.2, 0.25) is 0 Å². The number of hydrogen-bond donors (Lipinski definition) is 2. The van der Waals surface area contributed by atoms with Crippen molar-refractivity contribution in [3.63, 3.8) is 0 Å². The lowest BCUT2D eigenvalue weighted by molar-refractivity contribution is -0.0278. The zero-order valence-electron chi connectivity index (χ0n) is 20.6. The van der Waals surface area contributed by atoms with Crippen LogP contribution in [0.4, 0.5) is 0 Å². The van der Waals surface area contributed by atoms with Gasteiger partial charge >= 0.3 is 0 Å². The number of aliphatic hydroxyl groups is 2. The second kappa shape index (κ2) is 29.6. The first-order valence-corrected chi connectivity index (χ1v) is 12.2. The Morgan fingerprint density at radius 3 is 1.15 bits per heavy atom. The molecule has 0 rings (SSSR count). The predicted octanol–water partition coefficient (Wildman–Crippen LogP) is 1.05. The zero-order chi connectivity index (χ0) is 24.1. The average Bonchev–Trinajstić information content (AvgIpc) is 2.82. The molecule has 0 aliphatic rings. The van der Waals surface area contributed by atoms with Crippen molar-refractivity contribution in [1.82, 2.24) is 0 Å². The maximum Gasteiger partial charge on any atom is 0.0773 e. The highest BCUT2D eigenvalue weighted by Crippen LogP contribution is 2.03. The smallest absolute Gasteiger partial charge is 0.0773 e. The van der Waals surface area contributed by atoms with Crippen molar-refractivity contribution in [2.75, 3.05) is 112 Å². The van der Waals surface area contributed by atoms with Crippen molar-refractivity contribution in [3.05, 3.63) is 0 Å². The summed E-state index contributed by atoms with van der Waals surface area (Å²) in [4.78, 5) is 0. The minimum atomic E-state index is -0.376. The van der Waals surface area contributed by atoms with Gasteiger partial charge in [-0.1, -0.05) is 26.2 Å². The number of aliphatic hydroxyl groups excluding tert-OH is 2. The molecule has 10 nitrogen and oxygen atoms in total. The summed E-state index contributed by atoms with van der Waals surface area (Å²) >= 11 is 0. The first-order valence-electron chi connectivity index (χ1n) is 12.2. The molecule has 0 aliphatic heterocycles. The van der Waals surface area contributed by atoms with Gasteiger partial charge in [-0.2, -0.15) is 0 Å². The molecule has 1 atom stereocenters. The Morgan fingerprint density at radius 1 is 0.485 bits per heavy atom. The summed E-state index contributed by atoms with van der Waals surface area (Å²) in [5, 5.41) is 18.3. The maximum atomic E-state index is 9.73. The summed E-state index contributed by atoms with van der Waals surface area (Å²) in [6.45, 7) is 9.94. The van der Waals surface area contributed by atoms with Crippen LogP contribution in [0.3, 0.4) is 0 Å². The second-order valence-corrected chi connectivity index (χ2v) is 7.23. The number of unbranched alkanes of at least 4 members (excludes halogenated alkanes) is 2. The lowest BCUT2D eigenvalue weighted by atomic mass is 10.1. The molecule has 200 valence electrons. The average molecular weight is 485 g/mol. The summed E-state index contributed by atoms with van der Waals surface area (Å²) in [7, 11) is 0. The van der Waals surface area contributed by atoms with Crippen LogP contribution in [0.1, 0.15) is 32.6 Å². The van der Waals surface area contributed by atoms with Gasteiger partial charge in [0, 0.05) is 0 Å². The van der Waals surface area contributed by atoms with Crippen LogP contribution in [-0.2, 0) is 37.9 Å². The van der Waals surface area contributed by atoms with E-state index in [4.69, 9.17) is 43.0 Å². The lowest BCUT2D eigenvalue weighted by Crippen LogP contribution is -2.18. The summed E-state index contributed by atoms with van der Waals surface area (Å²) < 4.78 is 42.8. The molecule has 0 radical (unpaired) electrons. The standard InChI is InChI=1S/C23H48O10/c1-2-3-4-5-23(25)22-33-21-20-32-19-18-31-17-16-30-15-14-29-13-12-28-11-10-27-9-8-26-7-6-24/h23-25H,2-22H2,1H3. The van der Waals surface area contributed by atoms with E-state index in [0.29, 0.717) is 106 Å². The van der Waals surface area contributed by atoms with Crippen LogP contribution in [-0.4, -0.2) is 129 Å². The maximum absolute atomic E-state index is 9.73. The predicted molar refractivity (Wildman–Crippen MR) is 124 cm³/mol. The Balaban J connectivity index is 3.05. The van der Waals surface area contributed by atoms with E-state index in [1.54, 1.807) is 0 Å². The highest BCUT2D eigenvalue weighted by molar-refractivity contribution is 4.54. The molecule has 0 aromatic rings. The van der Waals surface area contributed by atoms with E-state index in [9.17, 15) is 5.11 Å². The minimum absolute atomic E-state index is 0.0291. The molecule has 0 saturated heterocycles. The Bertz CT molecular complexity index is 349. The van der Waals surface area contributed by atoms with Crippen LogP contribution in [0.2, 0.25) is 0 Å². The van der Waals surface area contributed by atoms with E-state index in [1.807, 2.05) is 0 Å².